The molecule has 0 fully saturated rings. The largest absolute Gasteiger partial charge is 0.383 e. The average molecular weight is 262 g/mol. The number of rotatable bonds is 5. The molecule has 0 radical (unpaired) electrons. The topological polar surface area (TPSA) is 21.3 Å². The van der Waals surface area contributed by atoms with Gasteiger partial charge in [-0.05, 0) is 37.6 Å². The van der Waals surface area contributed by atoms with Gasteiger partial charge in [0.15, 0.2) is 0 Å². The Balaban J connectivity index is 2.72. The lowest BCUT2D eigenvalue weighted by molar-refractivity contribution is 0.168. The van der Waals surface area contributed by atoms with Crippen LogP contribution in [0, 0.1) is 0 Å². The summed E-state index contributed by atoms with van der Waals surface area (Å²) >= 11 is 12.1. The molecule has 2 atom stereocenters. The van der Waals surface area contributed by atoms with Crippen LogP contribution < -0.4 is 5.32 Å². The number of hydrogen-bond donors (Lipinski definition) is 1. The molecule has 4 heteroatoms. The van der Waals surface area contributed by atoms with Crippen LogP contribution in [0.5, 0.6) is 0 Å². The zero-order chi connectivity index (χ0) is 12.1. The van der Waals surface area contributed by atoms with Crippen molar-refractivity contribution in [2.24, 2.45) is 0 Å². The van der Waals surface area contributed by atoms with Gasteiger partial charge in [-0.3, -0.25) is 0 Å². The highest BCUT2D eigenvalue weighted by Crippen LogP contribution is 2.26. The van der Waals surface area contributed by atoms with Crippen LogP contribution >= 0.6 is 23.2 Å². The first kappa shape index (κ1) is 13.8. The van der Waals surface area contributed by atoms with Gasteiger partial charge in [-0.15, -0.1) is 0 Å². The van der Waals surface area contributed by atoms with E-state index in [9.17, 15) is 0 Å². The number of methoxy groups -OCH3 is 1. The zero-order valence-electron chi connectivity index (χ0n) is 9.76. The highest BCUT2D eigenvalue weighted by atomic mass is 35.5. The smallest absolute Gasteiger partial charge is 0.0613 e. The van der Waals surface area contributed by atoms with Crippen LogP contribution in [0.1, 0.15) is 25.5 Å². The molecule has 0 amide bonds. The Morgan fingerprint density at radius 2 is 2.00 bits per heavy atom. The van der Waals surface area contributed by atoms with Crippen LogP contribution in [0.2, 0.25) is 10.0 Å². The summed E-state index contributed by atoms with van der Waals surface area (Å²) in [6.45, 7) is 4.80. The molecule has 2 unspecified atom stereocenters. The molecule has 90 valence electrons. The fourth-order valence-electron chi connectivity index (χ4n) is 1.66. The molecule has 0 saturated heterocycles. The predicted molar refractivity (Wildman–Crippen MR) is 69.4 cm³/mol. The first-order valence-electron chi connectivity index (χ1n) is 5.24. The molecule has 1 aromatic rings. The quantitative estimate of drug-likeness (QED) is 0.874. The van der Waals surface area contributed by atoms with E-state index >= 15 is 0 Å². The second-order valence-electron chi connectivity index (χ2n) is 3.91. The number of nitrogens with one attached hydrogen (secondary N) is 1. The summed E-state index contributed by atoms with van der Waals surface area (Å²) in [6.07, 6.45) is 0. The monoisotopic (exact) mass is 261 g/mol. The molecule has 0 aliphatic rings. The molecule has 0 aliphatic carbocycles. The van der Waals surface area contributed by atoms with Gasteiger partial charge in [-0.25, -0.2) is 0 Å². The Hall–Kier alpha value is -0.280. The Morgan fingerprint density at radius 1 is 1.31 bits per heavy atom. The molecule has 0 spiro atoms. The molecule has 1 aromatic carbocycles. The number of halogens is 2. The minimum absolute atomic E-state index is 0.149. The standard InChI is InChI=1S/C12H17Cl2NO/c1-8(7-16-3)15-9(2)11-6-10(13)4-5-12(11)14/h4-6,8-9,15H,7H2,1-3H3. The Bertz CT molecular complexity index is 344. The number of hydrogen-bond acceptors (Lipinski definition) is 2. The van der Waals surface area contributed by atoms with Gasteiger partial charge < -0.3 is 10.1 Å². The molecule has 1 rings (SSSR count). The van der Waals surface area contributed by atoms with E-state index in [1.54, 1.807) is 13.2 Å². The normalized spacial score (nSPS) is 14.8. The third-order valence-corrected chi connectivity index (χ3v) is 2.96. The van der Waals surface area contributed by atoms with E-state index in [1.807, 2.05) is 12.1 Å². The summed E-state index contributed by atoms with van der Waals surface area (Å²) in [4.78, 5) is 0. The summed E-state index contributed by atoms with van der Waals surface area (Å²) in [5.41, 5.74) is 1.01. The van der Waals surface area contributed by atoms with E-state index in [1.165, 1.54) is 0 Å². The molecule has 0 aromatic heterocycles. The van der Waals surface area contributed by atoms with E-state index in [0.29, 0.717) is 11.6 Å². The van der Waals surface area contributed by atoms with E-state index in [4.69, 9.17) is 27.9 Å². The van der Waals surface area contributed by atoms with Gasteiger partial charge in [0.1, 0.15) is 0 Å². The van der Waals surface area contributed by atoms with E-state index < -0.39 is 0 Å². The highest BCUT2D eigenvalue weighted by molar-refractivity contribution is 6.33. The van der Waals surface area contributed by atoms with Gasteiger partial charge in [0.05, 0.1) is 6.61 Å². The lowest BCUT2D eigenvalue weighted by Crippen LogP contribution is -2.32. The molecule has 16 heavy (non-hydrogen) atoms. The Kier molecular flexibility index (Phi) is 5.56. The van der Waals surface area contributed by atoms with Crippen molar-refractivity contribution in [1.29, 1.82) is 0 Å². The summed E-state index contributed by atoms with van der Waals surface area (Å²) < 4.78 is 5.07. The number of benzene rings is 1. The predicted octanol–water partition coefficient (Wildman–Crippen LogP) is 3.68. The maximum atomic E-state index is 6.12. The van der Waals surface area contributed by atoms with Crippen molar-refractivity contribution in [3.05, 3.63) is 33.8 Å². The second kappa shape index (κ2) is 6.45. The zero-order valence-corrected chi connectivity index (χ0v) is 11.3. The third kappa shape index (κ3) is 3.95. The van der Waals surface area contributed by atoms with Gasteiger partial charge >= 0.3 is 0 Å². The van der Waals surface area contributed by atoms with Crippen molar-refractivity contribution in [1.82, 2.24) is 5.32 Å². The van der Waals surface area contributed by atoms with E-state index in [2.05, 4.69) is 19.2 Å². The van der Waals surface area contributed by atoms with Gasteiger partial charge in [0, 0.05) is 29.2 Å². The summed E-state index contributed by atoms with van der Waals surface area (Å²) in [6, 6.07) is 5.92. The summed E-state index contributed by atoms with van der Waals surface area (Å²) in [5, 5.41) is 4.83. The third-order valence-electron chi connectivity index (χ3n) is 2.38. The van der Waals surface area contributed by atoms with Gasteiger partial charge in [-0.1, -0.05) is 23.2 Å². The number of ether oxygens (including phenoxy) is 1. The fraction of sp³-hybridized carbons (Fsp3) is 0.500. The molecule has 0 aliphatic heterocycles. The van der Waals surface area contributed by atoms with Crippen molar-refractivity contribution in [3.63, 3.8) is 0 Å². The maximum absolute atomic E-state index is 6.12. The van der Waals surface area contributed by atoms with Crippen LogP contribution in [0.3, 0.4) is 0 Å². The van der Waals surface area contributed by atoms with Crippen LogP contribution in [-0.4, -0.2) is 19.8 Å². The molecule has 1 N–H and O–H groups in total. The van der Waals surface area contributed by atoms with Crippen molar-refractivity contribution >= 4 is 23.2 Å². The van der Waals surface area contributed by atoms with Crippen LogP contribution in [0.15, 0.2) is 18.2 Å². The first-order valence-corrected chi connectivity index (χ1v) is 6.00. The lowest BCUT2D eigenvalue weighted by atomic mass is 10.1. The highest BCUT2D eigenvalue weighted by Gasteiger charge is 2.12. The van der Waals surface area contributed by atoms with E-state index in [0.717, 1.165) is 10.6 Å². The average Bonchev–Trinajstić information content (AvgIpc) is 2.21. The van der Waals surface area contributed by atoms with E-state index in [-0.39, 0.29) is 12.1 Å². The molecule has 0 saturated carbocycles. The molecule has 2 nitrogen and oxygen atoms in total. The second-order valence-corrected chi connectivity index (χ2v) is 4.75. The minimum Gasteiger partial charge on any atom is -0.383 e. The Morgan fingerprint density at radius 3 is 2.62 bits per heavy atom. The van der Waals surface area contributed by atoms with Crippen molar-refractivity contribution in [2.75, 3.05) is 13.7 Å². The Labute approximate surface area is 107 Å². The first-order chi connectivity index (χ1) is 7.54. The maximum Gasteiger partial charge on any atom is 0.0613 e. The van der Waals surface area contributed by atoms with Crippen molar-refractivity contribution < 1.29 is 4.74 Å². The van der Waals surface area contributed by atoms with Crippen molar-refractivity contribution in [3.8, 4) is 0 Å². The molecular formula is C12H17Cl2NO. The molecular weight excluding hydrogens is 245 g/mol. The summed E-state index contributed by atoms with van der Waals surface area (Å²) in [5.74, 6) is 0. The van der Waals surface area contributed by atoms with Crippen LogP contribution in [0.25, 0.3) is 0 Å². The van der Waals surface area contributed by atoms with Gasteiger partial charge in [-0.2, -0.15) is 0 Å². The minimum atomic E-state index is 0.149. The molecule has 0 bridgehead atoms. The SMILES string of the molecule is COCC(C)NC(C)c1cc(Cl)ccc1Cl. The van der Waals surface area contributed by atoms with Crippen LogP contribution in [0.4, 0.5) is 0 Å². The lowest BCUT2D eigenvalue weighted by Gasteiger charge is -2.20. The van der Waals surface area contributed by atoms with Crippen molar-refractivity contribution in [2.45, 2.75) is 25.9 Å². The molecule has 0 heterocycles. The van der Waals surface area contributed by atoms with Gasteiger partial charge in [0.2, 0.25) is 0 Å². The summed E-state index contributed by atoms with van der Waals surface area (Å²) in [7, 11) is 1.69. The fourth-order valence-corrected chi connectivity index (χ4v) is 2.12. The van der Waals surface area contributed by atoms with Gasteiger partial charge in [0.25, 0.3) is 0 Å². The van der Waals surface area contributed by atoms with Crippen LogP contribution in [-0.2, 0) is 4.74 Å².